The predicted molar refractivity (Wildman–Crippen MR) is 137 cm³/mol. The third-order valence-electron chi connectivity index (χ3n) is 4.15. The van der Waals surface area contributed by atoms with Crippen LogP contribution in [-0.2, 0) is 28.5 Å². The van der Waals surface area contributed by atoms with Crippen LogP contribution in [0.5, 0.6) is 0 Å². The van der Waals surface area contributed by atoms with Crippen LogP contribution in [0.3, 0.4) is 0 Å². The molecule has 1 aromatic rings. The topological polar surface area (TPSA) is 153 Å². The zero-order chi connectivity index (χ0) is 28.2. The van der Waals surface area contributed by atoms with Crippen LogP contribution in [0.2, 0.25) is 0 Å². The van der Waals surface area contributed by atoms with Gasteiger partial charge in [-0.2, -0.15) is 0 Å². The molecule has 0 heterocycles. The Kier molecular flexibility index (Phi) is 15.8. The number of rotatable bonds is 12. The summed E-state index contributed by atoms with van der Waals surface area (Å²) in [5.74, 6) is 10.2. The molecule has 12 nitrogen and oxygen atoms in total. The van der Waals surface area contributed by atoms with Crippen molar-refractivity contribution in [2.24, 2.45) is 0 Å². The zero-order valence-electron chi connectivity index (χ0n) is 22.0. The van der Waals surface area contributed by atoms with E-state index in [1.165, 1.54) is 0 Å². The molecule has 0 saturated heterocycles. The van der Waals surface area contributed by atoms with E-state index in [0.717, 1.165) is 0 Å². The molecule has 1 aromatic carbocycles. The summed E-state index contributed by atoms with van der Waals surface area (Å²) < 4.78 is 20.1. The molecule has 0 aliphatic heterocycles. The lowest BCUT2D eigenvalue weighted by Gasteiger charge is -2.14. The van der Waals surface area contributed by atoms with E-state index < -0.39 is 36.6 Å². The summed E-state index contributed by atoms with van der Waals surface area (Å²) in [5.41, 5.74) is 1.18. The smallest absolute Gasteiger partial charge is 0.409 e. The Hall–Kier alpha value is -4.26. The molecule has 12 heteroatoms. The van der Waals surface area contributed by atoms with Gasteiger partial charge < -0.3 is 29.6 Å². The number of esters is 2. The van der Waals surface area contributed by atoms with Gasteiger partial charge in [-0.05, 0) is 63.8 Å². The monoisotopic (exact) mass is 530 g/mol. The number of carbonyl (C=O) groups excluding carboxylic acids is 4. The fraction of sp³-hybridized carbons (Fsp3) is 0.462. The first-order valence-corrected chi connectivity index (χ1v) is 12.1. The maximum atomic E-state index is 11.8. The Labute approximate surface area is 222 Å². The van der Waals surface area contributed by atoms with Crippen molar-refractivity contribution < 1.29 is 38.1 Å². The minimum absolute atomic E-state index is 0.190. The SMILES string of the molecule is CCNC(=O)OC(C#Cc1ccc(C#CC(NCC(=O)OCC)OC(=O)NCC)cc1)NCC(=O)OCC. The number of hydrogen-bond acceptors (Lipinski definition) is 10. The third-order valence-corrected chi connectivity index (χ3v) is 4.15. The van der Waals surface area contributed by atoms with Gasteiger partial charge in [-0.15, -0.1) is 0 Å². The highest BCUT2D eigenvalue weighted by molar-refractivity contribution is 5.72. The highest BCUT2D eigenvalue weighted by Crippen LogP contribution is 2.03. The summed E-state index contributed by atoms with van der Waals surface area (Å²) in [7, 11) is 0. The van der Waals surface area contributed by atoms with E-state index in [1.807, 2.05) is 0 Å². The van der Waals surface area contributed by atoms with E-state index in [4.69, 9.17) is 18.9 Å². The van der Waals surface area contributed by atoms with Gasteiger partial charge in [0.25, 0.3) is 0 Å². The van der Waals surface area contributed by atoms with Crippen molar-refractivity contribution in [3.05, 3.63) is 35.4 Å². The zero-order valence-corrected chi connectivity index (χ0v) is 22.0. The van der Waals surface area contributed by atoms with Crippen LogP contribution in [0.1, 0.15) is 38.8 Å². The van der Waals surface area contributed by atoms with Gasteiger partial charge in [0.05, 0.1) is 26.3 Å². The van der Waals surface area contributed by atoms with Crippen molar-refractivity contribution in [1.29, 1.82) is 0 Å². The number of alkyl carbamates (subject to hydrolysis) is 2. The van der Waals surface area contributed by atoms with Gasteiger partial charge in [-0.25, -0.2) is 9.59 Å². The summed E-state index contributed by atoms with van der Waals surface area (Å²) in [5, 5.41) is 10.4. The van der Waals surface area contributed by atoms with E-state index in [0.29, 0.717) is 24.2 Å². The summed E-state index contributed by atoms with van der Waals surface area (Å²) >= 11 is 0. The van der Waals surface area contributed by atoms with E-state index in [-0.39, 0.29) is 26.3 Å². The molecule has 0 saturated carbocycles. The number of hydrogen-bond donors (Lipinski definition) is 4. The van der Waals surface area contributed by atoms with Crippen molar-refractivity contribution in [1.82, 2.24) is 21.3 Å². The molecular weight excluding hydrogens is 496 g/mol. The molecule has 1 rings (SSSR count). The number of ether oxygens (including phenoxy) is 4. The number of carbonyl (C=O) groups is 4. The van der Waals surface area contributed by atoms with E-state index in [2.05, 4.69) is 44.9 Å². The van der Waals surface area contributed by atoms with Gasteiger partial charge in [0.1, 0.15) is 0 Å². The van der Waals surface area contributed by atoms with Gasteiger partial charge >= 0.3 is 24.1 Å². The average Bonchev–Trinajstić information content (AvgIpc) is 2.88. The lowest BCUT2D eigenvalue weighted by molar-refractivity contribution is -0.143. The highest BCUT2D eigenvalue weighted by Gasteiger charge is 2.14. The van der Waals surface area contributed by atoms with Crippen LogP contribution in [0.25, 0.3) is 0 Å². The lowest BCUT2D eigenvalue weighted by Crippen LogP contribution is -2.39. The van der Waals surface area contributed by atoms with Crippen LogP contribution in [-0.4, -0.2) is 76.0 Å². The predicted octanol–water partition coefficient (Wildman–Crippen LogP) is 0.839. The van der Waals surface area contributed by atoms with Crippen LogP contribution in [0, 0.1) is 23.7 Å². The normalized spacial score (nSPS) is 11.3. The number of amides is 2. The van der Waals surface area contributed by atoms with Gasteiger partial charge in [0.15, 0.2) is 0 Å². The Morgan fingerprint density at radius 1 is 0.684 bits per heavy atom. The first-order valence-electron chi connectivity index (χ1n) is 12.1. The molecule has 2 amide bonds. The Balaban J connectivity index is 2.92. The van der Waals surface area contributed by atoms with Crippen molar-refractivity contribution in [3.8, 4) is 23.7 Å². The summed E-state index contributed by atoms with van der Waals surface area (Å²) in [4.78, 5) is 46.8. The van der Waals surface area contributed by atoms with Crippen molar-refractivity contribution >= 4 is 24.1 Å². The van der Waals surface area contributed by atoms with Crippen LogP contribution >= 0.6 is 0 Å². The van der Waals surface area contributed by atoms with Crippen molar-refractivity contribution in [2.45, 2.75) is 40.2 Å². The van der Waals surface area contributed by atoms with Crippen LogP contribution < -0.4 is 21.3 Å². The van der Waals surface area contributed by atoms with E-state index in [1.54, 1.807) is 52.0 Å². The molecule has 38 heavy (non-hydrogen) atoms. The van der Waals surface area contributed by atoms with Gasteiger partial charge in [0, 0.05) is 24.2 Å². The lowest BCUT2D eigenvalue weighted by atomic mass is 10.1. The number of nitrogens with one attached hydrogen (secondary N) is 4. The molecule has 0 bridgehead atoms. The first kappa shape index (κ1) is 31.8. The molecule has 0 aliphatic rings. The second-order valence-corrected chi connectivity index (χ2v) is 7.12. The Morgan fingerprint density at radius 3 is 1.37 bits per heavy atom. The molecule has 0 aromatic heterocycles. The highest BCUT2D eigenvalue weighted by atomic mass is 16.6. The summed E-state index contributed by atoms with van der Waals surface area (Å²) in [6.45, 7) is 7.66. The van der Waals surface area contributed by atoms with Gasteiger partial charge in [0.2, 0.25) is 12.5 Å². The van der Waals surface area contributed by atoms with E-state index in [9.17, 15) is 19.2 Å². The molecule has 0 radical (unpaired) electrons. The quantitative estimate of drug-likeness (QED) is 0.132. The summed E-state index contributed by atoms with van der Waals surface area (Å²) in [6.07, 6.45) is -3.48. The molecule has 0 aliphatic carbocycles. The largest absolute Gasteiger partial charge is 0.465 e. The van der Waals surface area contributed by atoms with Gasteiger partial charge in [-0.3, -0.25) is 20.2 Å². The molecule has 0 spiro atoms. The molecule has 2 atom stereocenters. The van der Waals surface area contributed by atoms with Crippen LogP contribution in [0.15, 0.2) is 24.3 Å². The molecular formula is C26H34N4O8. The molecule has 0 fully saturated rings. The molecule has 4 N–H and O–H groups in total. The Bertz CT molecular complexity index is 954. The van der Waals surface area contributed by atoms with E-state index >= 15 is 0 Å². The van der Waals surface area contributed by atoms with Crippen molar-refractivity contribution in [3.63, 3.8) is 0 Å². The second kappa shape index (κ2) is 18.9. The number of benzene rings is 1. The second-order valence-electron chi connectivity index (χ2n) is 7.12. The van der Waals surface area contributed by atoms with Crippen molar-refractivity contribution in [2.75, 3.05) is 39.4 Å². The minimum atomic E-state index is -1.05. The van der Waals surface area contributed by atoms with Gasteiger partial charge in [-0.1, -0.05) is 11.8 Å². The fourth-order valence-corrected chi connectivity index (χ4v) is 2.54. The fourth-order valence-electron chi connectivity index (χ4n) is 2.54. The first-order chi connectivity index (χ1) is 18.3. The maximum absolute atomic E-state index is 11.8. The minimum Gasteiger partial charge on any atom is -0.465 e. The summed E-state index contributed by atoms with van der Waals surface area (Å²) in [6, 6.07) is 6.77. The molecule has 2 unspecified atom stereocenters. The molecule has 206 valence electrons. The van der Waals surface area contributed by atoms with Crippen LogP contribution in [0.4, 0.5) is 9.59 Å². The average molecular weight is 531 g/mol. The standard InChI is InChI=1S/C26H34N4O8/c1-5-27-25(33)37-21(29-17-23(31)35-7-3)15-13-19-9-11-20(12-10-19)14-16-22(38-26(34)28-6-2)30-18-24(32)36-8-4/h9-12,21-22,29-30H,5-8,17-18H2,1-4H3,(H,27,33)(H,28,34). The third kappa shape index (κ3) is 14.3. The maximum Gasteiger partial charge on any atom is 0.409 e. The Morgan fingerprint density at radius 2 is 1.05 bits per heavy atom.